The summed E-state index contributed by atoms with van der Waals surface area (Å²) in [5, 5.41) is 13.0. The van der Waals surface area contributed by atoms with Crippen molar-refractivity contribution in [1.82, 2.24) is 15.6 Å². The molecule has 110 valence electrons. The number of imide groups is 1. The van der Waals surface area contributed by atoms with E-state index in [2.05, 4.69) is 15.6 Å². The molecule has 7 nitrogen and oxygen atoms in total. The quantitative estimate of drug-likeness (QED) is 0.710. The van der Waals surface area contributed by atoms with Crippen LogP contribution in [0.3, 0.4) is 0 Å². The van der Waals surface area contributed by atoms with E-state index in [-0.39, 0.29) is 4.88 Å². The normalized spacial score (nSPS) is 11.8. The summed E-state index contributed by atoms with van der Waals surface area (Å²) in [7, 11) is 0. The molecule has 0 bridgehead atoms. The zero-order valence-corrected chi connectivity index (χ0v) is 12.9. The lowest BCUT2D eigenvalue weighted by atomic mass is 10.4. The number of thiazole rings is 1. The number of aryl methyl sites for hydroxylation is 1. The number of nitrogens with zero attached hydrogens (tertiary/aromatic N) is 1. The lowest BCUT2D eigenvalue weighted by Crippen LogP contribution is -2.42. The average Bonchev–Trinajstić information content (AvgIpc) is 2.70. The largest absolute Gasteiger partial charge is 0.477 e. The first-order valence-corrected chi connectivity index (χ1v) is 7.50. The Balaban J connectivity index is 2.64. The van der Waals surface area contributed by atoms with Crippen molar-refractivity contribution in [2.75, 3.05) is 6.54 Å². The first-order valence-electron chi connectivity index (χ1n) is 5.81. The molecule has 0 aliphatic heterocycles. The number of urea groups is 1. The number of rotatable bonds is 5. The Morgan fingerprint density at radius 3 is 2.60 bits per heavy atom. The zero-order valence-electron chi connectivity index (χ0n) is 11.2. The smallest absolute Gasteiger partial charge is 0.347 e. The van der Waals surface area contributed by atoms with Gasteiger partial charge in [0.05, 0.1) is 10.9 Å². The first kappa shape index (κ1) is 16.4. The van der Waals surface area contributed by atoms with E-state index in [9.17, 15) is 14.4 Å². The number of carboxylic acids is 1. The van der Waals surface area contributed by atoms with Crippen molar-refractivity contribution in [2.24, 2.45) is 0 Å². The summed E-state index contributed by atoms with van der Waals surface area (Å²) in [6.45, 7) is 5.39. The number of aromatic nitrogens is 1. The van der Waals surface area contributed by atoms with Gasteiger partial charge in [-0.15, -0.1) is 11.3 Å². The second-order valence-electron chi connectivity index (χ2n) is 3.81. The first-order chi connectivity index (χ1) is 9.35. The Bertz CT molecular complexity index is 530. The van der Waals surface area contributed by atoms with Crippen molar-refractivity contribution >= 4 is 41.0 Å². The van der Waals surface area contributed by atoms with E-state index in [1.54, 1.807) is 20.8 Å². The molecule has 9 heteroatoms. The lowest BCUT2D eigenvalue weighted by Gasteiger charge is -2.09. The second kappa shape index (κ2) is 7.25. The fourth-order valence-electron chi connectivity index (χ4n) is 1.24. The summed E-state index contributed by atoms with van der Waals surface area (Å²) < 4.78 is 0.485. The van der Waals surface area contributed by atoms with Crippen LogP contribution in [-0.2, 0) is 4.79 Å². The molecule has 0 fully saturated rings. The molecule has 20 heavy (non-hydrogen) atoms. The third-order valence-electron chi connectivity index (χ3n) is 2.19. The van der Waals surface area contributed by atoms with Crippen LogP contribution >= 0.6 is 23.1 Å². The number of hydrogen-bond acceptors (Lipinski definition) is 6. The molecule has 1 unspecified atom stereocenters. The molecule has 1 rings (SSSR count). The van der Waals surface area contributed by atoms with Gasteiger partial charge in [-0.2, -0.15) is 0 Å². The third kappa shape index (κ3) is 4.49. The molecule has 1 aromatic rings. The summed E-state index contributed by atoms with van der Waals surface area (Å²) in [5.74, 6) is -1.49. The highest BCUT2D eigenvalue weighted by atomic mass is 32.2. The van der Waals surface area contributed by atoms with Gasteiger partial charge in [0.15, 0.2) is 4.34 Å². The molecule has 0 radical (unpaired) electrons. The number of carbonyl (C=O) groups excluding carboxylic acids is 2. The number of nitrogens with one attached hydrogen (secondary N) is 2. The summed E-state index contributed by atoms with van der Waals surface area (Å²) in [5.41, 5.74) is 0.418. The number of carbonyl (C=O) groups is 3. The molecule has 0 saturated heterocycles. The molecule has 3 amide bonds. The Kier molecular flexibility index (Phi) is 5.96. The molecule has 0 aromatic carbocycles. The van der Waals surface area contributed by atoms with Crippen LogP contribution in [0.4, 0.5) is 4.79 Å². The Labute approximate surface area is 124 Å². The highest BCUT2D eigenvalue weighted by molar-refractivity contribution is 8.02. The average molecular weight is 317 g/mol. The minimum Gasteiger partial charge on any atom is -0.477 e. The van der Waals surface area contributed by atoms with Gasteiger partial charge in [-0.25, -0.2) is 14.6 Å². The van der Waals surface area contributed by atoms with E-state index in [0.717, 1.165) is 23.1 Å². The standard InChI is InChI=1S/C11H15N3O4S2/c1-4-12-10(18)14-8(15)6(3)19-11-13-5(2)7(20-11)9(16)17/h6H,4H2,1-3H3,(H,16,17)(H2,12,14,15,18). The number of hydrogen-bond donors (Lipinski definition) is 3. The summed E-state index contributed by atoms with van der Waals surface area (Å²) >= 11 is 2.13. The maximum Gasteiger partial charge on any atom is 0.347 e. The van der Waals surface area contributed by atoms with E-state index in [4.69, 9.17) is 5.11 Å². The van der Waals surface area contributed by atoms with Crippen LogP contribution in [-0.4, -0.2) is 39.8 Å². The maximum atomic E-state index is 11.7. The van der Waals surface area contributed by atoms with Crippen LogP contribution in [0, 0.1) is 6.92 Å². The fourth-order valence-corrected chi connectivity index (χ4v) is 3.41. The van der Waals surface area contributed by atoms with E-state index < -0.39 is 23.2 Å². The zero-order chi connectivity index (χ0) is 15.3. The van der Waals surface area contributed by atoms with Crippen LogP contribution in [0.5, 0.6) is 0 Å². The molecule has 0 spiro atoms. The number of carboxylic acid groups (broad SMARTS) is 1. The fraction of sp³-hybridized carbons (Fsp3) is 0.455. The molecule has 3 N–H and O–H groups in total. The van der Waals surface area contributed by atoms with Gasteiger partial charge in [0.2, 0.25) is 5.91 Å². The molecule has 0 saturated carbocycles. The number of thioether (sulfide) groups is 1. The molecule has 1 aromatic heterocycles. The topological polar surface area (TPSA) is 108 Å². The van der Waals surface area contributed by atoms with E-state index >= 15 is 0 Å². The second-order valence-corrected chi connectivity index (χ2v) is 6.40. The predicted molar refractivity (Wildman–Crippen MR) is 76.3 cm³/mol. The highest BCUT2D eigenvalue weighted by Crippen LogP contribution is 2.30. The third-order valence-corrected chi connectivity index (χ3v) is 4.53. The SMILES string of the molecule is CCNC(=O)NC(=O)C(C)Sc1nc(C)c(C(=O)O)s1. The van der Waals surface area contributed by atoms with Gasteiger partial charge < -0.3 is 10.4 Å². The van der Waals surface area contributed by atoms with Gasteiger partial charge >= 0.3 is 12.0 Å². The van der Waals surface area contributed by atoms with Gasteiger partial charge in [0.25, 0.3) is 0 Å². The monoisotopic (exact) mass is 317 g/mol. The molecule has 1 atom stereocenters. The maximum absolute atomic E-state index is 11.7. The van der Waals surface area contributed by atoms with Crippen molar-refractivity contribution in [3.05, 3.63) is 10.6 Å². The van der Waals surface area contributed by atoms with E-state index in [1.807, 2.05) is 0 Å². The lowest BCUT2D eigenvalue weighted by molar-refractivity contribution is -0.119. The van der Waals surface area contributed by atoms with Crippen molar-refractivity contribution in [1.29, 1.82) is 0 Å². The Hall–Kier alpha value is -1.61. The molecule has 0 aliphatic rings. The van der Waals surface area contributed by atoms with Gasteiger partial charge in [-0.1, -0.05) is 11.8 Å². The van der Waals surface area contributed by atoms with Crippen molar-refractivity contribution in [2.45, 2.75) is 30.4 Å². The minimum atomic E-state index is -1.04. The van der Waals surface area contributed by atoms with Gasteiger partial charge in [-0.3, -0.25) is 10.1 Å². The Morgan fingerprint density at radius 2 is 2.10 bits per heavy atom. The van der Waals surface area contributed by atoms with E-state index in [0.29, 0.717) is 16.6 Å². The predicted octanol–water partition coefficient (Wildman–Crippen LogP) is 1.48. The van der Waals surface area contributed by atoms with Crippen LogP contribution in [0.25, 0.3) is 0 Å². The van der Waals surface area contributed by atoms with Crippen molar-refractivity contribution in [3.8, 4) is 0 Å². The number of amides is 3. The number of aromatic carboxylic acids is 1. The van der Waals surface area contributed by atoms with Gasteiger partial charge in [0.1, 0.15) is 4.88 Å². The highest BCUT2D eigenvalue weighted by Gasteiger charge is 2.21. The van der Waals surface area contributed by atoms with Crippen LogP contribution in [0.2, 0.25) is 0 Å². The summed E-state index contributed by atoms with van der Waals surface area (Å²) in [4.78, 5) is 38.1. The molecular weight excluding hydrogens is 302 g/mol. The van der Waals surface area contributed by atoms with Crippen molar-refractivity contribution < 1.29 is 19.5 Å². The Morgan fingerprint density at radius 1 is 1.45 bits per heavy atom. The van der Waals surface area contributed by atoms with Crippen LogP contribution in [0.1, 0.15) is 29.2 Å². The summed E-state index contributed by atoms with van der Waals surface area (Å²) in [6, 6.07) is -0.550. The van der Waals surface area contributed by atoms with Crippen LogP contribution < -0.4 is 10.6 Å². The molecule has 0 aliphatic carbocycles. The van der Waals surface area contributed by atoms with E-state index in [1.165, 1.54) is 0 Å². The minimum absolute atomic E-state index is 0.156. The molecular formula is C11H15N3O4S2. The van der Waals surface area contributed by atoms with Crippen LogP contribution in [0.15, 0.2) is 4.34 Å². The molecule has 1 heterocycles. The van der Waals surface area contributed by atoms with Gasteiger partial charge in [0, 0.05) is 6.54 Å². The summed E-state index contributed by atoms with van der Waals surface area (Å²) in [6.07, 6.45) is 0. The van der Waals surface area contributed by atoms with Gasteiger partial charge in [-0.05, 0) is 20.8 Å². The van der Waals surface area contributed by atoms with Crippen molar-refractivity contribution in [3.63, 3.8) is 0 Å².